The Kier molecular flexibility index (Phi) is 4.92. The van der Waals surface area contributed by atoms with Gasteiger partial charge < -0.3 is 14.6 Å². The molecule has 6 heteroatoms. The number of carbonyl (C=O) groups excluding carboxylic acids is 1. The molecule has 0 radical (unpaired) electrons. The summed E-state index contributed by atoms with van der Waals surface area (Å²) in [6, 6.07) is 17.0. The van der Waals surface area contributed by atoms with Crippen molar-refractivity contribution < 1.29 is 14.7 Å². The quantitative estimate of drug-likeness (QED) is 0.724. The molecule has 29 heavy (non-hydrogen) atoms. The highest BCUT2D eigenvalue weighted by molar-refractivity contribution is 5.85. The van der Waals surface area contributed by atoms with Crippen molar-refractivity contribution in [3.63, 3.8) is 0 Å². The van der Waals surface area contributed by atoms with E-state index in [-0.39, 0.29) is 17.6 Å². The second-order valence-electron chi connectivity index (χ2n) is 7.49. The van der Waals surface area contributed by atoms with E-state index in [1.165, 1.54) is 6.07 Å². The number of carboxylic acid groups (broad SMARTS) is 1. The average Bonchev–Trinajstić information content (AvgIpc) is 3.29. The summed E-state index contributed by atoms with van der Waals surface area (Å²) in [6.07, 6.45) is 0.594. The van der Waals surface area contributed by atoms with Crippen LogP contribution in [0.2, 0.25) is 0 Å². The van der Waals surface area contributed by atoms with Gasteiger partial charge in [0.1, 0.15) is 11.7 Å². The van der Waals surface area contributed by atoms with Gasteiger partial charge in [0.25, 0.3) is 0 Å². The Morgan fingerprint density at radius 3 is 2.34 bits per heavy atom. The minimum absolute atomic E-state index is 0.0102. The van der Waals surface area contributed by atoms with E-state index in [9.17, 15) is 14.7 Å². The molecule has 1 atom stereocenters. The Bertz CT molecular complexity index is 1050. The maximum atomic E-state index is 13.6. The zero-order chi connectivity index (χ0) is 20.5. The van der Waals surface area contributed by atoms with Gasteiger partial charge >= 0.3 is 5.97 Å². The van der Waals surface area contributed by atoms with Crippen LogP contribution in [0.15, 0.2) is 54.6 Å². The molecule has 1 N–H and O–H groups in total. The van der Waals surface area contributed by atoms with E-state index in [0.717, 1.165) is 22.5 Å². The molecule has 3 heterocycles. The van der Waals surface area contributed by atoms with Crippen LogP contribution in [0.4, 0.5) is 0 Å². The molecular formula is C23H23N3O3. The van der Waals surface area contributed by atoms with Gasteiger partial charge in [0, 0.05) is 24.4 Å². The summed E-state index contributed by atoms with van der Waals surface area (Å²) < 4.78 is 2.09. The van der Waals surface area contributed by atoms with Crippen molar-refractivity contribution in [3.05, 3.63) is 88.5 Å². The van der Waals surface area contributed by atoms with Crippen LogP contribution >= 0.6 is 0 Å². The number of nitrogens with zero attached hydrogens (tertiary/aromatic N) is 3. The van der Waals surface area contributed by atoms with Crippen LogP contribution in [0.5, 0.6) is 0 Å². The highest BCUT2D eigenvalue weighted by atomic mass is 16.4. The van der Waals surface area contributed by atoms with Crippen molar-refractivity contribution in [3.8, 4) is 0 Å². The first kappa shape index (κ1) is 18.9. The Morgan fingerprint density at radius 2 is 1.69 bits per heavy atom. The lowest BCUT2D eigenvalue weighted by atomic mass is 10.0. The lowest BCUT2D eigenvalue weighted by Crippen LogP contribution is -2.35. The smallest absolute Gasteiger partial charge is 0.354 e. The lowest BCUT2D eigenvalue weighted by molar-refractivity contribution is -0.135. The minimum Gasteiger partial charge on any atom is -0.477 e. The number of benzene rings is 1. The van der Waals surface area contributed by atoms with E-state index >= 15 is 0 Å². The van der Waals surface area contributed by atoms with Crippen molar-refractivity contribution in [1.82, 2.24) is 14.5 Å². The molecule has 2 aromatic heterocycles. The monoisotopic (exact) mass is 389 g/mol. The maximum Gasteiger partial charge on any atom is 0.354 e. The third kappa shape index (κ3) is 3.66. The van der Waals surface area contributed by atoms with Crippen LogP contribution in [-0.4, -0.2) is 31.4 Å². The molecule has 0 fully saturated rings. The summed E-state index contributed by atoms with van der Waals surface area (Å²) >= 11 is 0. The van der Waals surface area contributed by atoms with Gasteiger partial charge in [0.05, 0.1) is 12.2 Å². The van der Waals surface area contributed by atoms with Gasteiger partial charge in [-0.25, -0.2) is 9.78 Å². The van der Waals surface area contributed by atoms with Crippen LogP contribution in [0, 0.1) is 13.8 Å². The number of aromatic nitrogens is 2. The van der Waals surface area contributed by atoms with Gasteiger partial charge in [-0.3, -0.25) is 4.79 Å². The predicted molar refractivity (Wildman–Crippen MR) is 109 cm³/mol. The fourth-order valence-corrected chi connectivity index (χ4v) is 4.04. The van der Waals surface area contributed by atoms with Gasteiger partial charge in [0.15, 0.2) is 0 Å². The number of hydrogen-bond acceptors (Lipinski definition) is 3. The Balaban J connectivity index is 1.64. The van der Waals surface area contributed by atoms with Crippen molar-refractivity contribution in [1.29, 1.82) is 0 Å². The number of fused-ring (bicyclic) bond motifs is 1. The molecule has 0 bridgehead atoms. The standard InChI is InChI=1S/C23H23N3O3/c1-15-8-9-16(2)26(15)21(12-17-6-4-3-5-7-17)22(27)25-13-18-10-11-19(23(28)29)24-20(18)14-25/h3-11,21H,12-14H2,1-2H3,(H,28,29). The zero-order valence-electron chi connectivity index (χ0n) is 16.5. The van der Waals surface area contributed by atoms with Gasteiger partial charge in [0.2, 0.25) is 5.91 Å². The second-order valence-corrected chi connectivity index (χ2v) is 7.49. The van der Waals surface area contributed by atoms with Crippen LogP contribution in [0.3, 0.4) is 0 Å². The van der Waals surface area contributed by atoms with Gasteiger partial charge in [-0.1, -0.05) is 36.4 Å². The summed E-state index contributed by atoms with van der Waals surface area (Å²) in [6.45, 7) is 4.81. The lowest BCUT2D eigenvalue weighted by Gasteiger charge is -2.27. The van der Waals surface area contributed by atoms with Gasteiger partial charge in [-0.05, 0) is 43.2 Å². The largest absolute Gasteiger partial charge is 0.477 e. The first-order valence-corrected chi connectivity index (χ1v) is 9.63. The number of rotatable bonds is 5. The molecular weight excluding hydrogens is 366 g/mol. The molecule has 0 saturated carbocycles. The van der Waals surface area contributed by atoms with Crippen LogP contribution in [0.25, 0.3) is 0 Å². The van der Waals surface area contributed by atoms with Crippen molar-refractivity contribution in [2.24, 2.45) is 0 Å². The first-order chi connectivity index (χ1) is 13.9. The van der Waals surface area contributed by atoms with E-state index in [4.69, 9.17) is 0 Å². The number of aromatic carboxylic acids is 1. The molecule has 148 valence electrons. The molecule has 1 aromatic carbocycles. The number of amides is 1. The fraction of sp³-hybridized carbons (Fsp3) is 0.261. The summed E-state index contributed by atoms with van der Waals surface area (Å²) in [5.41, 5.74) is 4.76. The van der Waals surface area contributed by atoms with Crippen LogP contribution in [-0.2, 0) is 24.3 Å². The zero-order valence-corrected chi connectivity index (χ0v) is 16.5. The summed E-state index contributed by atoms with van der Waals surface area (Å²) in [4.78, 5) is 30.8. The van der Waals surface area contributed by atoms with E-state index in [0.29, 0.717) is 25.2 Å². The summed E-state index contributed by atoms with van der Waals surface area (Å²) in [5.74, 6) is -1.04. The van der Waals surface area contributed by atoms with E-state index in [2.05, 4.69) is 9.55 Å². The molecule has 1 aliphatic heterocycles. The van der Waals surface area contributed by atoms with Crippen molar-refractivity contribution in [2.75, 3.05) is 0 Å². The number of carboxylic acids is 1. The van der Waals surface area contributed by atoms with Crippen LogP contribution < -0.4 is 0 Å². The molecule has 1 aliphatic rings. The highest BCUT2D eigenvalue weighted by Crippen LogP contribution is 2.28. The molecule has 3 aromatic rings. The Labute approximate surface area is 169 Å². The van der Waals surface area contributed by atoms with Crippen molar-refractivity contribution in [2.45, 2.75) is 39.4 Å². The highest BCUT2D eigenvalue weighted by Gasteiger charge is 2.32. The summed E-state index contributed by atoms with van der Waals surface area (Å²) in [7, 11) is 0. The molecule has 6 nitrogen and oxygen atoms in total. The van der Waals surface area contributed by atoms with Crippen molar-refractivity contribution >= 4 is 11.9 Å². The minimum atomic E-state index is -1.06. The topological polar surface area (TPSA) is 75.4 Å². The average molecular weight is 389 g/mol. The van der Waals surface area contributed by atoms with Gasteiger partial charge in [-0.2, -0.15) is 0 Å². The van der Waals surface area contributed by atoms with E-state index in [1.54, 1.807) is 11.0 Å². The molecule has 0 aliphatic carbocycles. The van der Waals surface area contributed by atoms with Crippen LogP contribution in [0.1, 0.15) is 44.7 Å². The predicted octanol–water partition coefficient (Wildman–Crippen LogP) is 3.52. The molecule has 0 spiro atoms. The first-order valence-electron chi connectivity index (χ1n) is 9.63. The second kappa shape index (κ2) is 7.54. The molecule has 1 unspecified atom stereocenters. The maximum absolute atomic E-state index is 13.6. The number of carbonyl (C=O) groups is 2. The Morgan fingerprint density at radius 1 is 1.00 bits per heavy atom. The third-order valence-corrected chi connectivity index (χ3v) is 5.50. The number of pyridine rings is 1. The molecule has 4 rings (SSSR count). The number of hydrogen-bond donors (Lipinski definition) is 1. The normalized spacial score (nSPS) is 13.9. The molecule has 0 saturated heterocycles. The van der Waals surface area contributed by atoms with E-state index in [1.807, 2.05) is 56.3 Å². The Hall–Kier alpha value is -3.41. The number of aryl methyl sites for hydroxylation is 2. The van der Waals surface area contributed by atoms with Gasteiger partial charge in [-0.15, -0.1) is 0 Å². The third-order valence-electron chi connectivity index (χ3n) is 5.50. The SMILES string of the molecule is Cc1ccc(C)n1C(Cc1ccccc1)C(=O)N1Cc2ccc(C(=O)O)nc2C1. The van der Waals surface area contributed by atoms with E-state index < -0.39 is 5.97 Å². The summed E-state index contributed by atoms with van der Waals surface area (Å²) in [5, 5.41) is 9.18. The fourth-order valence-electron chi connectivity index (χ4n) is 4.04. The molecule has 1 amide bonds.